The van der Waals surface area contributed by atoms with Gasteiger partial charge in [-0.1, -0.05) is 12.8 Å². The summed E-state index contributed by atoms with van der Waals surface area (Å²) >= 11 is 3.76. The molecule has 0 unspecified atom stereocenters. The summed E-state index contributed by atoms with van der Waals surface area (Å²) in [6, 6.07) is 0. The molecule has 0 aromatic rings. The fraction of sp³-hybridized carbons (Fsp3) is 0.833. The molecule has 2 rings (SSSR count). The molecular formula is C12H20N2O3S. The lowest BCUT2D eigenvalue weighted by Crippen LogP contribution is -2.65. The van der Waals surface area contributed by atoms with E-state index in [-0.39, 0.29) is 23.3 Å². The van der Waals surface area contributed by atoms with Gasteiger partial charge in [-0.25, -0.2) is 4.79 Å². The highest BCUT2D eigenvalue weighted by Gasteiger charge is 2.56. The van der Waals surface area contributed by atoms with Gasteiger partial charge in [0.2, 0.25) is 5.91 Å². The Morgan fingerprint density at radius 2 is 1.89 bits per heavy atom. The van der Waals surface area contributed by atoms with Crippen LogP contribution in [0.2, 0.25) is 0 Å². The van der Waals surface area contributed by atoms with Crippen molar-refractivity contribution >= 4 is 24.8 Å². The van der Waals surface area contributed by atoms with Crippen molar-refractivity contribution in [2.45, 2.75) is 39.2 Å². The first-order chi connectivity index (χ1) is 8.25. The van der Waals surface area contributed by atoms with Crippen molar-refractivity contribution in [3.8, 4) is 0 Å². The molecule has 1 saturated carbocycles. The Bertz CT molecular complexity index is 364. The van der Waals surface area contributed by atoms with Gasteiger partial charge in [-0.2, -0.15) is 0 Å². The molecule has 0 aromatic heterocycles. The molecule has 5 nitrogen and oxygen atoms in total. The number of nitrogens with zero attached hydrogens (tertiary/aromatic N) is 1. The lowest BCUT2D eigenvalue weighted by molar-refractivity contribution is -0.140. The predicted octanol–water partition coefficient (Wildman–Crippen LogP) is 1.59. The van der Waals surface area contributed by atoms with Crippen LogP contribution in [0.3, 0.4) is 0 Å². The maximum atomic E-state index is 11.8. The van der Waals surface area contributed by atoms with Crippen molar-refractivity contribution in [3.63, 3.8) is 0 Å². The van der Waals surface area contributed by atoms with Gasteiger partial charge < -0.3 is 14.4 Å². The third kappa shape index (κ3) is 2.58. The number of carbonyl (C=O) groups excluding carboxylic acids is 2. The van der Waals surface area contributed by atoms with E-state index in [9.17, 15) is 9.59 Å². The molecule has 0 radical (unpaired) electrons. The lowest BCUT2D eigenvalue weighted by Gasteiger charge is -2.58. The molecule has 1 saturated heterocycles. The minimum absolute atomic E-state index is 0.0142. The molecule has 1 N–H and O–H groups in total. The van der Waals surface area contributed by atoms with Gasteiger partial charge >= 0.3 is 6.09 Å². The first kappa shape index (κ1) is 13.5. The van der Waals surface area contributed by atoms with Crippen molar-refractivity contribution < 1.29 is 14.3 Å². The predicted molar refractivity (Wildman–Crippen MR) is 70.1 cm³/mol. The zero-order chi connectivity index (χ0) is 13.6. The molecule has 18 heavy (non-hydrogen) atoms. The zero-order valence-electron chi connectivity index (χ0n) is 11.0. The molecular weight excluding hydrogens is 252 g/mol. The van der Waals surface area contributed by atoms with Crippen LogP contribution in [0.15, 0.2) is 0 Å². The number of ether oxygens (including phenoxy) is 1. The molecule has 0 atom stereocenters. The minimum Gasteiger partial charge on any atom is -0.444 e. The number of hydrogen-bond acceptors (Lipinski definition) is 4. The second-order valence-electron chi connectivity index (χ2n) is 6.42. The fourth-order valence-electron chi connectivity index (χ4n) is 2.74. The Morgan fingerprint density at radius 1 is 1.33 bits per heavy atom. The van der Waals surface area contributed by atoms with Gasteiger partial charge in [0.25, 0.3) is 0 Å². The normalized spacial score (nSPS) is 22.1. The van der Waals surface area contributed by atoms with Gasteiger partial charge in [-0.3, -0.25) is 4.79 Å². The first-order valence-electron chi connectivity index (χ1n) is 6.17. The summed E-state index contributed by atoms with van der Waals surface area (Å²) in [4.78, 5) is 24.8. The largest absolute Gasteiger partial charge is 0.444 e. The molecule has 0 bridgehead atoms. The van der Waals surface area contributed by atoms with Crippen LogP contribution in [-0.2, 0) is 9.53 Å². The van der Waals surface area contributed by atoms with E-state index in [4.69, 9.17) is 4.74 Å². The summed E-state index contributed by atoms with van der Waals surface area (Å²) in [5.41, 5.74) is -0.296. The Kier molecular flexibility index (Phi) is 3.25. The molecule has 2 amide bonds. The van der Waals surface area contributed by atoms with Crippen LogP contribution in [0.4, 0.5) is 4.79 Å². The van der Waals surface area contributed by atoms with E-state index < -0.39 is 5.60 Å². The van der Waals surface area contributed by atoms with Crippen molar-refractivity contribution in [2.24, 2.45) is 11.3 Å². The number of thiol groups is 1. The lowest BCUT2D eigenvalue weighted by atomic mass is 9.57. The summed E-state index contributed by atoms with van der Waals surface area (Å²) in [6.45, 7) is 6.99. The minimum atomic E-state index is -0.450. The Balaban J connectivity index is 1.75. The van der Waals surface area contributed by atoms with E-state index in [2.05, 4.69) is 17.5 Å². The highest BCUT2D eigenvalue weighted by molar-refractivity contribution is 7.78. The van der Waals surface area contributed by atoms with Gasteiger partial charge in [0, 0.05) is 24.4 Å². The summed E-state index contributed by atoms with van der Waals surface area (Å²) in [5, 5.41) is 0. The summed E-state index contributed by atoms with van der Waals surface area (Å²) in [6.07, 6.45) is 1.44. The average Bonchev–Trinajstić information content (AvgIpc) is 2.09. The maximum absolute atomic E-state index is 11.8. The molecule has 102 valence electrons. The fourth-order valence-corrected chi connectivity index (χ4v) is 2.92. The Morgan fingerprint density at radius 3 is 2.33 bits per heavy atom. The number of carbonyl (C=O) groups is 2. The number of amides is 2. The van der Waals surface area contributed by atoms with Gasteiger partial charge in [0.1, 0.15) is 5.60 Å². The van der Waals surface area contributed by atoms with Gasteiger partial charge in [-0.05, 0) is 33.6 Å². The molecule has 1 heterocycles. The maximum Gasteiger partial charge on any atom is 0.410 e. The molecule has 0 aromatic carbocycles. The van der Waals surface area contributed by atoms with Crippen molar-refractivity contribution in [1.82, 2.24) is 9.62 Å². The standard InChI is InChI=1S/C12H20N2O3S/c1-11(2,3)17-10(16)14-6-12(7-14)4-8(5-12)9(15)13-18/h8,18H,4-7H2,1-3H3,(H,13,15). The monoisotopic (exact) mass is 272 g/mol. The van der Waals surface area contributed by atoms with Gasteiger partial charge in [0.05, 0.1) is 0 Å². The highest BCUT2D eigenvalue weighted by atomic mass is 32.1. The third-order valence-corrected chi connectivity index (χ3v) is 3.76. The van der Waals surface area contributed by atoms with Crippen LogP contribution in [-0.4, -0.2) is 35.6 Å². The van der Waals surface area contributed by atoms with E-state index in [1.54, 1.807) is 4.90 Å². The van der Waals surface area contributed by atoms with Crippen LogP contribution >= 0.6 is 12.8 Å². The molecule has 1 aliphatic carbocycles. The van der Waals surface area contributed by atoms with E-state index >= 15 is 0 Å². The van der Waals surface area contributed by atoms with Crippen LogP contribution < -0.4 is 4.72 Å². The first-order valence-corrected chi connectivity index (χ1v) is 6.61. The van der Waals surface area contributed by atoms with E-state index in [1.165, 1.54) is 0 Å². The number of likely N-dealkylation sites (tertiary alicyclic amines) is 1. The highest BCUT2D eigenvalue weighted by Crippen LogP contribution is 2.52. The van der Waals surface area contributed by atoms with Crippen LogP contribution in [0, 0.1) is 11.3 Å². The topological polar surface area (TPSA) is 58.6 Å². The zero-order valence-corrected chi connectivity index (χ0v) is 11.9. The Labute approximate surface area is 113 Å². The molecule has 2 aliphatic rings. The number of rotatable bonds is 1. The van der Waals surface area contributed by atoms with Crippen LogP contribution in [0.5, 0.6) is 0 Å². The second kappa shape index (κ2) is 4.33. The molecule has 2 fully saturated rings. The van der Waals surface area contributed by atoms with Gasteiger partial charge in [0.15, 0.2) is 0 Å². The van der Waals surface area contributed by atoms with Crippen LogP contribution in [0.25, 0.3) is 0 Å². The molecule has 1 aliphatic heterocycles. The Hall–Kier alpha value is -0.910. The number of nitrogens with one attached hydrogen (secondary N) is 1. The smallest absolute Gasteiger partial charge is 0.410 e. The quantitative estimate of drug-likeness (QED) is 0.713. The molecule has 6 heteroatoms. The van der Waals surface area contributed by atoms with E-state index in [0.717, 1.165) is 12.8 Å². The summed E-state index contributed by atoms with van der Waals surface area (Å²) in [7, 11) is 0. The summed E-state index contributed by atoms with van der Waals surface area (Å²) in [5.74, 6) is 0.0444. The van der Waals surface area contributed by atoms with Crippen molar-refractivity contribution in [3.05, 3.63) is 0 Å². The van der Waals surface area contributed by atoms with Crippen LogP contribution in [0.1, 0.15) is 33.6 Å². The average molecular weight is 272 g/mol. The van der Waals surface area contributed by atoms with E-state index in [0.29, 0.717) is 13.1 Å². The third-order valence-electron chi connectivity index (χ3n) is 3.54. The second-order valence-corrected chi connectivity index (χ2v) is 6.64. The molecule has 1 spiro atoms. The van der Waals surface area contributed by atoms with Crippen molar-refractivity contribution in [1.29, 1.82) is 0 Å². The SMILES string of the molecule is CC(C)(C)OC(=O)N1CC2(CC(C(=O)NS)C2)C1. The summed E-state index contributed by atoms with van der Waals surface area (Å²) < 4.78 is 7.66. The van der Waals surface area contributed by atoms with Gasteiger partial charge in [-0.15, -0.1) is 0 Å². The van der Waals surface area contributed by atoms with Crippen molar-refractivity contribution in [2.75, 3.05) is 13.1 Å². The van der Waals surface area contributed by atoms with E-state index in [1.807, 2.05) is 20.8 Å². The number of hydrogen-bond donors (Lipinski definition) is 2.